The monoisotopic (exact) mass is 264 g/mol. The van der Waals surface area contributed by atoms with Crippen LogP contribution in [-0.4, -0.2) is 32.6 Å². The Hall–Kier alpha value is -1.36. The first-order valence-electron chi connectivity index (χ1n) is 7.12. The zero-order valence-electron chi connectivity index (χ0n) is 11.0. The zero-order valence-corrected chi connectivity index (χ0v) is 11.0. The Kier molecular flexibility index (Phi) is 2.89. The standard InChI is InChI=1S/C14H20N2O3/c17-12-13(7-3-1-4-8-13)11(15-18)14(16(12)19)9-5-2-6-10-14/h5,9,18-19H,1-4,6-8,10H2/b15-11+/t14-/m0/s1. The van der Waals surface area contributed by atoms with Crippen LogP contribution in [-0.2, 0) is 4.79 Å². The fourth-order valence-corrected chi connectivity index (χ4v) is 4.01. The summed E-state index contributed by atoms with van der Waals surface area (Å²) >= 11 is 0. The van der Waals surface area contributed by atoms with Gasteiger partial charge in [-0.1, -0.05) is 36.6 Å². The van der Waals surface area contributed by atoms with Crippen molar-refractivity contribution in [2.75, 3.05) is 0 Å². The van der Waals surface area contributed by atoms with Gasteiger partial charge in [0.1, 0.15) is 11.3 Å². The molecule has 3 rings (SSSR count). The van der Waals surface area contributed by atoms with Crippen molar-refractivity contribution < 1.29 is 15.2 Å². The molecular weight excluding hydrogens is 244 g/mol. The lowest BCUT2D eigenvalue weighted by molar-refractivity contribution is -0.179. The van der Waals surface area contributed by atoms with Crippen LogP contribution >= 0.6 is 0 Å². The molecule has 5 heteroatoms. The minimum Gasteiger partial charge on any atom is -0.411 e. The third-order valence-electron chi connectivity index (χ3n) is 4.97. The van der Waals surface area contributed by atoms with Crippen molar-refractivity contribution in [2.45, 2.75) is 56.9 Å². The van der Waals surface area contributed by atoms with Gasteiger partial charge in [-0.15, -0.1) is 0 Å². The van der Waals surface area contributed by atoms with Crippen LogP contribution in [0.25, 0.3) is 0 Å². The fourth-order valence-electron chi connectivity index (χ4n) is 4.01. The molecule has 0 aromatic carbocycles. The van der Waals surface area contributed by atoms with E-state index in [1.54, 1.807) is 0 Å². The minimum atomic E-state index is -0.901. The van der Waals surface area contributed by atoms with E-state index in [0.29, 0.717) is 25.0 Å². The summed E-state index contributed by atoms with van der Waals surface area (Å²) in [4.78, 5) is 12.6. The Balaban J connectivity index is 2.11. The third-order valence-corrected chi connectivity index (χ3v) is 4.97. The van der Waals surface area contributed by atoms with Gasteiger partial charge in [-0.25, -0.2) is 5.06 Å². The average Bonchev–Trinajstić information content (AvgIpc) is 2.61. The van der Waals surface area contributed by atoms with Gasteiger partial charge in [0, 0.05) is 0 Å². The summed E-state index contributed by atoms with van der Waals surface area (Å²) in [6.45, 7) is 0. The number of hydroxylamine groups is 2. The SMILES string of the molecule is O=C1N(O)[C@]2(C=CCCC2)/C(=N/O)C12CCCCC2. The molecule has 1 saturated carbocycles. The van der Waals surface area contributed by atoms with E-state index in [2.05, 4.69) is 5.16 Å². The van der Waals surface area contributed by atoms with E-state index in [0.717, 1.165) is 37.2 Å². The van der Waals surface area contributed by atoms with Gasteiger partial charge >= 0.3 is 0 Å². The van der Waals surface area contributed by atoms with Crippen molar-refractivity contribution in [3.8, 4) is 0 Å². The van der Waals surface area contributed by atoms with Gasteiger partial charge in [0.05, 0.1) is 5.41 Å². The van der Waals surface area contributed by atoms with Crippen molar-refractivity contribution in [2.24, 2.45) is 10.6 Å². The maximum atomic E-state index is 12.6. The van der Waals surface area contributed by atoms with Gasteiger partial charge in [-0.2, -0.15) is 0 Å². The lowest BCUT2D eigenvalue weighted by Crippen LogP contribution is -2.47. The average molecular weight is 264 g/mol. The Labute approximate surface area is 112 Å². The highest BCUT2D eigenvalue weighted by Gasteiger charge is 2.64. The number of rotatable bonds is 0. The maximum absolute atomic E-state index is 12.6. The largest absolute Gasteiger partial charge is 0.411 e. The molecular formula is C14H20N2O3. The summed E-state index contributed by atoms with van der Waals surface area (Å²) in [5.74, 6) is -0.286. The number of allylic oxidation sites excluding steroid dienone is 1. The van der Waals surface area contributed by atoms with E-state index in [1.165, 1.54) is 0 Å². The smallest absolute Gasteiger partial charge is 0.259 e. The maximum Gasteiger partial charge on any atom is 0.259 e. The molecule has 0 aromatic rings. The number of carbonyl (C=O) groups is 1. The van der Waals surface area contributed by atoms with E-state index in [9.17, 15) is 15.2 Å². The number of amides is 1. The van der Waals surface area contributed by atoms with Crippen molar-refractivity contribution in [1.82, 2.24) is 5.06 Å². The molecule has 0 radical (unpaired) electrons. The summed E-state index contributed by atoms with van der Waals surface area (Å²) in [5, 5.41) is 24.2. The van der Waals surface area contributed by atoms with E-state index < -0.39 is 11.0 Å². The van der Waals surface area contributed by atoms with Crippen LogP contribution in [0.2, 0.25) is 0 Å². The molecule has 19 heavy (non-hydrogen) atoms. The van der Waals surface area contributed by atoms with E-state index in [1.807, 2.05) is 12.2 Å². The Morgan fingerprint density at radius 1 is 1.16 bits per heavy atom. The highest BCUT2D eigenvalue weighted by molar-refractivity contribution is 6.19. The second-order valence-electron chi connectivity index (χ2n) is 5.93. The lowest BCUT2D eigenvalue weighted by Gasteiger charge is -2.35. The van der Waals surface area contributed by atoms with Gasteiger partial charge in [-0.05, 0) is 32.1 Å². The van der Waals surface area contributed by atoms with E-state index in [4.69, 9.17) is 0 Å². The molecule has 0 bridgehead atoms. The Morgan fingerprint density at radius 2 is 1.89 bits per heavy atom. The first kappa shape index (κ1) is 12.7. The summed E-state index contributed by atoms with van der Waals surface area (Å²) in [6.07, 6.45) is 10.6. The number of nitrogens with zero attached hydrogens (tertiary/aromatic N) is 2. The van der Waals surface area contributed by atoms with Crippen molar-refractivity contribution in [3.63, 3.8) is 0 Å². The zero-order chi connectivity index (χ0) is 13.5. The molecule has 2 aliphatic carbocycles. The normalized spacial score (nSPS) is 35.7. The molecule has 1 atom stereocenters. The van der Waals surface area contributed by atoms with Gasteiger partial charge in [0.25, 0.3) is 5.91 Å². The third kappa shape index (κ3) is 1.51. The summed E-state index contributed by atoms with van der Waals surface area (Å²) in [6, 6.07) is 0. The first-order valence-corrected chi connectivity index (χ1v) is 7.12. The van der Waals surface area contributed by atoms with E-state index in [-0.39, 0.29) is 5.91 Å². The van der Waals surface area contributed by atoms with Gasteiger partial charge in [0.2, 0.25) is 0 Å². The molecule has 3 aliphatic rings. The van der Waals surface area contributed by atoms with Crippen LogP contribution in [0, 0.1) is 5.41 Å². The highest BCUT2D eigenvalue weighted by atomic mass is 16.5. The van der Waals surface area contributed by atoms with Gasteiger partial charge in [-0.3, -0.25) is 10.0 Å². The molecule has 1 aliphatic heterocycles. The summed E-state index contributed by atoms with van der Waals surface area (Å²) in [5.41, 5.74) is -1.21. The van der Waals surface area contributed by atoms with Crippen molar-refractivity contribution in [3.05, 3.63) is 12.2 Å². The highest BCUT2D eigenvalue weighted by Crippen LogP contribution is 2.51. The van der Waals surface area contributed by atoms with E-state index >= 15 is 0 Å². The Bertz CT molecular complexity index is 452. The van der Waals surface area contributed by atoms with Crippen LogP contribution in [0.1, 0.15) is 51.4 Å². The van der Waals surface area contributed by atoms with Crippen LogP contribution in [0.3, 0.4) is 0 Å². The van der Waals surface area contributed by atoms with Gasteiger partial charge in [0.15, 0.2) is 0 Å². The molecule has 0 unspecified atom stereocenters. The number of carbonyl (C=O) groups excluding carboxylic acids is 1. The lowest BCUT2D eigenvalue weighted by atomic mass is 9.67. The molecule has 2 spiro atoms. The number of oxime groups is 1. The predicted molar refractivity (Wildman–Crippen MR) is 69.1 cm³/mol. The van der Waals surface area contributed by atoms with Gasteiger partial charge < -0.3 is 5.21 Å². The summed E-state index contributed by atoms with van der Waals surface area (Å²) in [7, 11) is 0. The molecule has 1 heterocycles. The van der Waals surface area contributed by atoms with Crippen LogP contribution in [0.4, 0.5) is 0 Å². The van der Waals surface area contributed by atoms with Crippen molar-refractivity contribution in [1.29, 1.82) is 0 Å². The molecule has 0 aromatic heterocycles. The molecule has 5 nitrogen and oxygen atoms in total. The second-order valence-corrected chi connectivity index (χ2v) is 5.93. The topological polar surface area (TPSA) is 73.1 Å². The first-order chi connectivity index (χ1) is 9.17. The second kappa shape index (κ2) is 4.34. The molecule has 2 N–H and O–H groups in total. The van der Waals surface area contributed by atoms with Crippen LogP contribution in [0.5, 0.6) is 0 Å². The number of hydrogen-bond donors (Lipinski definition) is 2. The minimum absolute atomic E-state index is 0.286. The molecule has 1 amide bonds. The Morgan fingerprint density at radius 3 is 2.47 bits per heavy atom. The number of hydrogen-bond acceptors (Lipinski definition) is 4. The fraction of sp³-hybridized carbons (Fsp3) is 0.714. The van der Waals surface area contributed by atoms with Crippen LogP contribution < -0.4 is 0 Å². The quantitative estimate of drug-likeness (QED) is 0.305. The molecule has 1 saturated heterocycles. The molecule has 104 valence electrons. The summed E-state index contributed by atoms with van der Waals surface area (Å²) < 4.78 is 0. The molecule has 2 fully saturated rings. The van der Waals surface area contributed by atoms with Crippen molar-refractivity contribution >= 4 is 11.6 Å². The predicted octanol–water partition coefficient (Wildman–Crippen LogP) is 2.48. The van der Waals surface area contributed by atoms with Crippen LogP contribution in [0.15, 0.2) is 17.3 Å².